The van der Waals surface area contributed by atoms with Gasteiger partial charge in [-0.2, -0.15) is 0 Å². The minimum Gasteiger partial charge on any atom is -0.457 e. The van der Waals surface area contributed by atoms with Crippen LogP contribution in [-0.4, -0.2) is 42.1 Å². The van der Waals surface area contributed by atoms with E-state index in [2.05, 4.69) is 0 Å². The van der Waals surface area contributed by atoms with Crippen LogP contribution in [0.3, 0.4) is 0 Å². The van der Waals surface area contributed by atoms with Crippen LogP contribution in [0.25, 0.3) is 17.4 Å². The maximum atomic E-state index is 12.4. The molecule has 6 nitrogen and oxygen atoms in total. The Labute approximate surface area is 161 Å². The molecule has 1 fully saturated rings. The summed E-state index contributed by atoms with van der Waals surface area (Å²) < 4.78 is 10.7. The molecule has 3 rings (SSSR count). The number of imide groups is 1. The number of benzene rings is 1. The summed E-state index contributed by atoms with van der Waals surface area (Å²) in [4.78, 5) is 37.3. The number of methoxy groups -OCH3 is 1. The molecule has 1 aromatic heterocycles. The zero-order valence-corrected chi connectivity index (χ0v) is 15.9. The number of hydrogen-bond acceptors (Lipinski definition) is 6. The SMILES string of the molecule is COCCCN1C(=O)S/C(=C/c2ccc(-c3ccc(C(C)=O)cc3)o2)C1=O. The highest BCUT2D eigenvalue weighted by Gasteiger charge is 2.34. The molecule has 1 aromatic carbocycles. The molecule has 7 heteroatoms. The first-order valence-electron chi connectivity index (χ1n) is 8.45. The smallest absolute Gasteiger partial charge is 0.293 e. The molecular weight excluding hydrogens is 366 g/mol. The highest BCUT2D eigenvalue weighted by atomic mass is 32.2. The molecule has 1 aliphatic heterocycles. The van der Waals surface area contributed by atoms with Crippen LogP contribution in [0.5, 0.6) is 0 Å². The lowest BCUT2D eigenvalue weighted by molar-refractivity contribution is -0.122. The zero-order chi connectivity index (χ0) is 19.4. The second-order valence-corrected chi connectivity index (χ2v) is 7.01. The van der Waals surface area contributed by atoms with Gasteiger partial charge in [0.15, 0.2) is 5.78 Å². The Bertz CT molecular complexity index is 897. The largest absolute Gasteiger partial charge is 0.457 e. The van der Waals surface area contributed by atoms with Crippen molar-refractivity contribution in [3.05, 3.63) is 52.6 Å². The second-order valence-electron chi connectivity index (χ2n) is 6.02. The van der Waals surface area contributed by atoms with E-state index in [-0.39, 0.29) is 16.9 Å². The third-order valence-corrected chi connectivity index (χ3v) is 4.99. The molecule has 0 saturated carbocycles. The van der Waals surface area contributed by atoms with E-state index in [1.54, 1.807) is 37.5 Å². The second kappa shape index (κ2) is 8.37. The average Bonchev–Trinajstić information content (AvgIpc) is 3.22. The Balaban J connectivity index is 1.74. The first-order valence-corrected chi connectivity index (χ1v) is 9.27. The molecule has 1 aliphatic rings. The van der Waals surface area contributed by atoms with Crippen molar-refractivity contribution in [1.29, 1.82) is 0 Å². The van der Waals surface area contributed by atoms with Crippen LogP contribution in [-0.2, 0) is 9.53 Å². The van der Waals surface area contributed by atoms with Gasteiger partial charge in [-0.15, -0.1) is 0 Å². The van der Waals surface area contributed by atoms with Crippen molar-refractivity contribution >= 4 is 34.8 Å². The van der Waals surface area contributed by atoms with Crippen molar-refractivity contribution in [2.45, 2.75) is 13.3 Å². The maximum Gasteiger partial charge on any atom is 0.293 e. The van der Waals surface area contributed by atoms with Gasteiger partial charge in [-0.1, -0.05) is 24.3 Å². The summed E-state index contributed by atoms with van der Waals surface area (Å²) in [6.45, 7) is 2.34. The van der Waals surface area contributed by atoms with Crippen LogP contribution in [0.4, 0.5) is 4.79 Å². The van der Waals surface area contributed by atoms with Gasteiger partial charge in [0.1, 0.15) is 11.5 Å². The highest BCUT2D eigenvalue weighted by molar-refractivity contribution is 8.18. The molecule has 2 aromatic rings. The number of Topliss-reactive ketones (excluding diaryl/α,β-unsaturated/α-hetero) is 1. The van der Waals surface area contributed by atoms with Crippen molar-refractivity contribution in [3.8, 4) is 11.3 Å². The first kappa shape index (κ1) is 19.1. The van der Waals surface area contributed by atoms with Gasteiger partial charge < -0.3 is 9.15 Å². The van der Waals surface area contributed by atoms with Gasteiger partial charge in [-0.05, 0) is 37.2 Å². The van der Waals surface area contributed by atoms with Crippen LogP contribution in [0.1, 0.15) is 29.5 Å². The van der Waals surface area contributed by atoms with Crippen LogP contribution in [0.2, 0.25) is 0 Å². The van der Waals surface area contributed by atoms with E-state index < -0.39 is 0 Å². The summed E-state index contributed by atoms with van der Waals surface area (Å²) in [6.07, 6.45) is 2.18. The van der Waals surface area contributed by atoms with Crippen LogP contribution in [0.15, 0.2) is 45.7 Å². The van der Waals surface area contributed by atoms with Gasteiger partial charge in [0.2, 0.25) is 0 Å². The van der Waals surface area contributed by atoms with Gasteiger partial charge in [-0.3, -0.25) is 19.3 Å². The van der Waals surface area contributed by atoms with E-state index in [1.807, 2.05) is 12.1 Å². The molecular formula is C20H19NO5S. The summed E-state index contributed by atoms with van der Waals surface area (Å²) in [5, 5.41) is -0.283. The van der Waals surface area contributed by atoms with Crippen LogP contribution < -0.4 is 0 Å². The topological polar surface area (TPSA) is 76.8 Å². The number of carbonyl (C=O) groups excluding carboxylic acids is 3. The lowest BCUT2D eigenvalue weighted by atomic mass is 10.1. The van der Waals surface area contributed by atoms with E-state index >= 15 is 0 Å². The minimum absolute atomic E-state index is 0.00269. The number of amides is 2. The number of carbonyl (C=O) groups is 3. The molecule has 0 radical (unpaired) electrons. The van der Waals surface area contributed by atoms with Gasteiger partial charge in [0.25, 0.3) is 11.1 Å². The Morgan fingerprint density at radius 2 is 1.93 bits per heavy atom. The Morgan fingerprint density at radius 3 is 2.59 bits per heavy atom. The predicted molar refractivity (Wildman–Crippen MR) is 103 cm³/mol. The minimum atomic E-state index is -0.315. The monoisotopic (exact) mass is 385 g/mol. The van der Waals surface area contributed by atoms with Gasteiger partial charge in [0, 0.05) is 37.5 Å². The summed E-state index contributed by atoms with van der Waals surface area (Å²) in [6, 6.07) is 10.6. The summed E-state index contributed by atoms with van der Waals surface area (Å²) in [5.41, 5.74) is 1.46. The average molecular weight is 385 g/mol. The fraction of sp³-hybridized carbons (Fsp3) is 0.250. The van der Waals surface area contributed by atoms with Gasteiger partial charge in [0.05, 0.1) is 4.91 Å². The van der Waals surface area contributed by atoms with E-state index in [1.165, 1.54) is 11.8 Å². The van der Waals surface area contributed by atoms with Crippen molar-refractivity contribution in [1.82, 2.24) is 4.90 Å². The highest BCUT2D eigenvalue weighted by Crippen LogP contribution is 2.33. The van der Waals surface area contributed by atoms with E-state index in [4.69, 9.17) is 9.15 Å². The summed E-state index contributed by atoms with van der Waals surface area (Å²) >= 11 is 0.905. The van der Waals surface area contributed by atoms with E-state index in [0.717, 1.165) is 17.3 Å². The molecule has 0 bridgehead atoms. The Kier molecular flexibility index (Phi) is 5.93. The number of hydrogen-bond donors (Lipinski definition) is 0. The molecule has 2 amide bonds. The number of nitrogens with zero attached hydrogens (tertiary/aromatic N) is 1. The van der Waals surface area contributed by atoms with E-state index in [9.17, 15) is 14.4 Å². The molecule has 0 unspecified atom stereocenters. The lowest BCUT2D eigenvalue weighted by Crippen LogP contribution is -2.29. The normalized spacial score (nSPS) is 15.8. The molecule has 0 atom stereocenters. The van der Waals surface area contributed by atoms with Gasteiger partial charge in [-0.25, -0.2) is 0 Å². The summed E-state index contributed by atoms with van der Waals surface area (Å²) in [7, 11) is 1.58. The Morgan fingerprint density at radius 1 is 1.19 bits per heavy atom. The van der Waals surface area contributed by atoms with Gasteiger partial charge >= 0.3 is 0 Å². The fourth-order valence-corrected chi connectivity index (χ4v) is 3.49. The number of ether oxygens (including phenoxy) is 1. The molecule has 2 heterocycles. The number of thioether (sulfide) groups is 1. The third-order valence-electron chi connectivity index (χ3n) is 4.08. The van der Waals surface area contributed by atoms with Crippen molar-refractivity contribution in [2.24, 2.45) is 0 Å². The lowest BCUT2D eigenvalue weighted by Gasteiger charge is -2.11. The quantitative estimate of drug-likeness (QED) is 0.403. The van der Waals surface area contributed by atoms with E-state index in [0.29, 0.717) is 41.6 Å². The number of rotatable bonds is 7. The first-order chi connectivity index (χ1) is 13.0. The molecule has 0 N–H and O–H groups in total. The zero-order valence-electron chi connectivity index (χ0n) is 15.1. The Hall–Kier alpha value is -2.64. The molecule has 27 heavy (non-hydrogen) atoms. The fourth-order valence-electron chi connectivity index (χ4n) is 2.64. The van der Waals surface area contributed by atoms with Crippen LogP contribution >= 0.6 is 11.8 Å². The van der Waals surface area contributed by atoms with Crippen LogP contribution in [0, 0.1) is 0 Å². The third kappa shape index (κ3) is 4.37. The van der Waals surface area contributed by atoms with Crippen molar-refractivity contribution in [3.63, 3.8) is 0 Å². The molecule has 0 aliphatic carbocycles. The maximum absolute atomic E-state index is 12.4. The molecule has 140 valence electrons. The number of furan rings is 1. The summed E-state index contributed by atoms with van der Waals surface area (Å²) in [5.74, 6) is 0.798. The predicted octanol–water partition coefficient (Wildman–Crippen LogP) is 4.22. The van der Waals surface area contributed by atoms with Crippen molar-refractivity contribution < 1.29 is 23.5 Å². The molecule has 1 saturated heterocycles. The molecule has 0 spiro atoms. The standard InChI is InChI=1S/C20H19NO5S/c1-13(22)14-4-6-15(7-5-14)17-9-8-16(26-17)12-18-19(23)21(20(24)27-18)10-3-11-25-2/h4-9,12H,3,10-11H2,1-2H3/b18-12+. The van der Waals surface area contributed by atoms with Crippen molar-refractivity contribution in [2.75, 3.05) is 20.3 Å². The number of ketones is 1.